The third kappa shape index (κ3) is 2.34. The van der Waals surface area contributed by atoms with Crippen LogP contribution in [0.5, 0.6) is 0 Å². The molecule has 1 aromatic carbocycles. The summed E-state index contributed by atoms with van der Waals surface area (Å²) in [6.45, 7) is 3.32. The van der Waals surface area contributed by atoms with Gasteiger partial charge in [-0.05, 0) is 6.08 Å². The van der Waals surface area contributed by atoms with Gasteiger partial charge in [-0.25, -0.2) is 0 Å². The van der Waals surface area contributed by atoms with E-state index in [-0.39, 0.29) is 23.6 Å². The molecule has 0 radical (unpaired) electrons. The van der Waals surface area contributed by atoms with E-state index in [4.69, 9.17) is 5.11 Å². The topological polar surface area (TPSA) is 71.4 Å². The predicted octanol–water partition coefficient (Wildman–Crippen LogP) is 2.49. The zero-order chi connectivity index (χ0) is 14.2. The van der Waals surface area contributed by atoms with Crippen LogP contribution in [0.1, 0.15) is 41.0 Å². The molecular weight excluding hydrogens is 244 g/mol. The van der Waals surface area contributed by atoms with Gasteiger partial charge in [0.2, 0.25) is 0 Å². The molecule has 0 spiro atoms. The van der Waals surface area contributed by atoms with E-state index in [0.29, 0.717) is 11.1 Å². The van der Waals surface area contributed by atoms with E-state index in [1.54, 1.807) is 38.1 Å². The molecule has 0 aromatic heterocycles. The van der Waals surface area contributed by atoms with Crippen molar-refractivity contribution in [2.24, 2.45) is 5.41 Å². The van der Waals surface area contributed by atoms with Crippen molar-refractivity contribution in [1.82, 2.24) is 0 Å². The highest BCUT2D eigenvalue weighted by Gasteiger charge is 2.36. The SMILES string of the molecule is CC(C)(CC(=O)O)C1=CC(=O)c2ccccc2C1=O. The Hall–Kier alpha value is -2.23. The van der Waals surface area contributed by atoms with Crippen molar-refractivity contribution in [2.75, 3.05) is 0 Å². The molecule has 0 amide bonds. The fraction of sp³-hybridized carbons (Fsp3) is 0.267. The summed E-state index contributed by atoms with van der Waals surface area (Å²) < 4.78 is 0. The zero-order valence-corrected chi connectivity index (χ0v) is 10.8. The zero-order valence-electron chi connectivity index (χ0n) is 10.8. The number of hydrogen-bond acceptors (Lipinski definition) is 3. The lowest BCUT2D eigenvalue weighted by molar-refractivity contribution is -0.138. The van der Waals surface area contributed by atoms with E-state index in [9.17, 15) is 14.4 Å². The summed E-state index contributed by atoms with van der Waals surface area (Å²) in [7, 11) is 0. The van der Waals surface area contributed by atoms with Crippen LogP contribution < -0.4 is 0 Å². The molecular formula is C15H14O4. The highest BCUT2D eigenvalue weighted by atomic mass is 16.4. The van der Waals surface area contributed by atoms with E-state index < -0.39 is 11.4 Å². The number of allylic oxidation sites excluding steroid dienone is 2. The predicted molar refractivity (Wildman–Crippen MR) is 69.2 cm³/mol. The molecule has 1 aliphatic carbocycles. The smallest absolute Gasteiger partial charge is 0.304 e. The van der Waals surface area contributed by atoms with E-state index in [2.05, 4.69) is 0 Å². The number of carbonyl (C=O) groups is 3. The van der Waals surface area contributed by atoms with Crippen molar-refractivity contribution in [1.29, 1.82) is 0 Å². The molecule has 0 aliphatic heterocycles. The molecule has 0 heterocycles. The Balaban J connectivity index is 2.49. The number of benzene rings is 1. The Bertz CT molecular complexity index is 608. The number of aliphatic carboxylic acids is 1. The Morgan fingerprint density at radius 1 is 1.16 bits per heavy atom. The molecule has 4 heteroatoms. The molecule has 2 rings (SSSR count). The van der Waals surface area contributed by atoms with Gasteiger partial charge in [-0.15, -0.1) is 0 Å². The summed E-state index contributed by atoms with van der Waals surface area (Å²) in [6.07, 6.45) is 1.08. The monoisotopic (exact) mass is 258 g/mol. The van der Waals surface area contributed by atoms with Gasteiger partial charge in [0.25, 0.3) is 0 Å². The Morgan fingerprint density at radius 2 is 1.74 bits per heavy atom. The fourth-order valence-electron chi connectivity index (χ4n) is 2.29. The average Bonchev–Trinajstić information content (AvgIpc) is 2.32. The van der Waals surface area contributed by atoms with Crippen molar-refractivity contribution >= 4 is 17.5 Å². The van der Waals surface area contributed by atoms with Gasteiger partial charge < -0.3 is 5.11 Å². The van der Waals surface area contributed by atoms with Gasteiger partial charge in [0.05, 0.1) is 6.42 Å². The maximum absolute atomic E-state index is 12.4. The van der Waals surface area contributed by atoms with E-state index in [0.717, 1.165) is 0 Å². The molecule has 0 unspecified atom stereocenters. The van der Waals surface area contributed by atoms with Gasteiger partial charge in [0, 0.05) is 22.1 Å². The van der Waals surface area contributed by atoms with Crippen LogP contribution in [0.2, 0.25) is 0 Å². The van der Waals surface area contributed by atoms with Crippen LogP contribution in [0.25, 0.3) is 0 Å². The van der Waals surface area contributed by atoms with Crippen LogP contribution in [-0.4, -0.2) is 22.6 Å². The molecule has 19 heavy (non-hydrogen) atoms. The average molecular weight is 258 g/mol. The van der Waals surface area contributed by atoms with Gasteiger partial charge in [-0.2, -0.15) is 0 Å². The highest BCUT2D eigenvalue weighted by Crippen LogP contribution is 2.36. The summed E-state index contributed by atoms with van der Waals surface area (Å²) in [5.41, 5.74) is 0.121. The maximum Gasteiger partial charge on any atom is 0.304 e. The Labute approximate surface area is 110 Å². The number of rotatable bonds is 3. The molecule has 0 saturated heterocycles. The van der Waals surface area contributed by atoms with Crippen molar-refractivity contribution < 1.29 is 19.5 Å². The van der Waals surface area contributed by atoms with Gasteiger partial charge >= 0.3 is 5.97 Å². The van der Waals surface area contributed by atoms with E-state index >= 15 is 0 Å². The second-order valence-corrected chi connectivity index (χ2v) is 5.25. The summed E-state index contributed by atoms with van der Waals surface area (Å²) in [6, 6.07) is 6.59. The number of carboxylic acids is 1. The minimum Gasteiger partial charge on any atom is -0.481 e. The summed E-state index contributed by atoms with van der Waals surface area (Å²) in [5.74, 6) is -1.50. The fourth-order valence-corrected chi connectivity index (χ4v) is 2.29. The minimum absolute atomic E-state index is 0.194. The summed E-state index contributed by atoms with van der Waals surface area (Å²) in [4.78, 5) is 35.2. The number of carboxylic acid groups (broad SMARTS) is 1. The van der Waals surface area contributed by atoms with E-state index in [1.165, 1.54) is 6.08 Å². The number of carbonyl (C=O) groups excluding carboxylic acids is 2. The number of fused-ring (bicyclic) bond motifs is 1. The lowest BCUT2D eigenvalue weighted by Crippen LogP contribution is -2.29. The van der Waals surface area contributed by atoms with Gasteiger partial charge in [-0.3, -0.25) is 14.4 Å². The number of hydrogen-bond donors (Lipinski definition) is 1. The number of Topliss-reactive ketones (excluding diaryl/α,β-unsaturated/α-hetero) is 1. The third-order valence-electron chi connectivity index (χ3n) is 3.28. The van der Waals surface area contributed by atoms with Crippen molar-refractivity contribution in [2.45, 2.75) is 20.3 Å². The van der Waals surface area contributed by atoms with Crippen LogP contribution in [0, 0.1) is 5.41 Å². The Kier molecular flexibility index (Phi) is 3.10. The van der Waals surface area contributed by atoms with Gasteiger partial charge in [-0.1, -0.05) is 38.1 Å². The number of ketones is 2. The highest BCUT2D eigenvalue weighted by molar-refractivity contribution is 6.25. The van der Waals surface area contributed by atoms with Gasteiger partial charge in [0.15, 0.2) is 11.6 Å². The molecule has 4 nitrogen and oxygen atoms in total. The Morgan fingerprint density at radius 3 is 2.32 bits per heavy atom. The second kappa shape index (κ2) is 4.46. The molecule has 0 bridgehead atoms. The molecule has 0 atom stereocenters. The first-order valence-electron chi connectivity index (χ1n) is 5.95. The summed E-state index contributed by atoms with van der Waals surface area (Å²) >= 11 is 0. The first kappa shape index (κ1) is 13.2. The normalized spacial score (nSPS) is 14.9. The van der Waals surface area contributed by atoms with Crippen LogP contribution in [0.3, 0.4) is 0 Å². The van der Waals surface area contributed by atoms with Crippen LogP contribution >= 0.6 is 0 Å². The largest absolute Gasteiger partial charge is 0.481 e. The lowest BCUT2D eigenvalue weighted by Gasteiger charge is -2.28. The van der Waals surface area contributed by atoms with Crippen molar-refractivity contribution in [3.8, 4) is 0 Å². The molecule has 1 aliphatic rings. The quantitative estimate of drug-likeness (QED) is 0.904. The minimum atomic E-state index is -0.995. The molecule has 0 fully saturated rings. The molecule has 98 valence electrons. The van der Waals surface area contributed by atoms with Crippen LogP contribution in [-0.2, 0) is 4.79 Å². The van der Waals surface area contributed by atoms with Crippen LogP contribution in [0.15, 0.2) is 35.9 Å². The molecule has 1 aromatic rings. The maximum atomic E-state index is 12.4. The lowest BCUT2D eigenvalue weighted by atomic mass is 9.74. The first-order valence-corrected chi connectivity index (χ1v) is 5.95. The first-order chi connectivity index (χ1) is 8.83. The van der Waals surface area contributed by atoms with E-state index in [1.807, 2.05) is 0 Å². The van der Waals surface area contributed by atoms with Crippen molar-refractivity contribution in [3.05, 3.63) is 47.0 Å². The third-order valence-corrected chi connectivity index (χ3v) is 3.28. The standard InChI is InChI=1S/C15H14O4/c1-15(2,8-13(17)18)11-7-12(16)9-5-3-4-6-10(9)14(11)19/h3-7H,8H2,1-2H3,(H,17,18). The van der Waals surface area contributed by atoms with Crippen LogP contribution in [0.4, 0.5) is 0 Å². The second-order valence-electron chi connectivity index (χ2n) is 5.25. The van der Waals surface area contributed by atoms with Gasteiger partial charge in [0.1, 0.15) is 0 Å². The molecule has 0 saturated carbocycles. The van der Waals surface area contributed by atoms with Crippen molar-refractivity contribution in [3.63, 3.8) is 0 Å². The molecule has 1 N–H and O–H groups in total. The summed E-state index contributed by atoms with van der Waals surface area (Å²) in [5, 5.41) is 8.90.